The molecule has 2 unspecified atom stereocenters. The van der Waals surface area contributed by atoms with Crippen molar-refractivity contribution in [1.82, 2.24) is 34.7 Å². The normalized spacial score (nSPS) is 28.9. The molecular formula is C14H18N8O4. The second-order valence-electron chi connectivity index (χ2n) is 6.41. The molecule has 4 rings (SSSR count). The molecule has 1 saturated heterocycles. The van der Waals surface area contributed by atoms with Gasteiger partial charge in [0.2, 0.25) is 0 Å². The van der Waals surface area contributed by atoms with E-state index in [9.17, 15) is 15.3 Å². The van der Waals surface area contributed by atoms with E-state index in [0.717, 1.165) is 0 Å². The summed E-state index contributed by atoms with van der Waals surface area (Å²) in [6.07, 6.45) is -0.314. The Hall–Kier alpha value is -2.67. The number of tetrazole rings is 1. The van der Waals surface area contributed by atoms with E-state index in [4.69, 9.17) is 10.5 Å². The summed E-state index contributed by atoms with van der Waals surface area (Å²) in [6, 6.07) is 0. The van der Waals surface area contributed by atoms with Crippen molar-refractivity contribution < 1.29 is 20.1 Å². The van der Waals surface area contributed by atoms with Crippen LogP contribution in [0.4, 0.5) is 5.82 Å². The van der Waals surface area contributed by atoms with Crippen LogP contribution in [0.3, 0.4) is 0 Å². The molecule has 1 fully saturated rings. The van der Waals surface area contributed by atoms with Crippen LogP contribution in [-0.2, 0) is 11.8 Å². The number of aliphatic hydroxyl groups excluding tert-OH is 2. The maximum atomic E-state index is 10.8. The summed E-state index contributed by atoms with van der Waals surface area (Å²) in [7, 11) is 1.67. The van der Waals surface area contributed by atoms with Crippen molar-refractivity contribution in [2.45, 2.75) is 31.0 Å². The van der Waals surface area contributed by atoms with Crippen LogP contribution in [-0.4, -0.2) is 74.5 Å². The van der Waals surface area contributed by atoms with Crippen molar-refractivity contribution in [2.75, 3.05) is 12.3 Å². The Balaban J connectivity index is 1.95. The second kappa shape index (κ2) is 5.67. The molecular weight excluding hydrogens is 344 g/mol. The number of aryl methyl sites for hydroxylation is 1. The molecule has 12 heteroatoms. The van der Waals surface area contributed by atoms with Gasteiger partial charge < -0.3 is 30.4 Å². The molecule has 0 aliphatic carbocycles. The molecule has 3 aromatic heterocycles. The van der Waals surface area contributed by atoms with Crippen LogP contribution >= 0.6 is 0 Å². The Morgan fingerprint density at radius 2 is 2.15 bits per heavy atom. The van der Waals surface area contributed by atoms with Crippen LogP contribution in [0, 0.1) is 0 Å². The molecule has 3 aromatic rings. The lowest BCUT2D eigenvalue weighted by atomic mass is 9.96. The van der Waals surface area contributed by atoms with Crippen molar-refractivity contribution in [3.8, 4) is 11.4 Å². The number of ether oxygens (including phenoxy) is 1. The van der Waals surface area contributed by atoms with Crippen LogP contribution < -0.4 is 5.73 Å². The number of aliphatic hydroxyl groups is 3. The van der Waals surface area contributed by atoms with Gasteiger partial charge in [0.1, 0.15) is 35.6 Å². The molecule has 0 bridgehead atoms. The van der Waals surface area contributed by atoms with E-state index in [1.807, 2.05) is 0 Å². The molecule has 4 atom stereocenters. The number of nitrogens with zero attached hydrogens (tertiary/aromatic N) is 7. The van der Waals surface area contributed by atoms with Gasteiger partial charge in [-0.3, -0.25) is 0 Å². The zero-order chi connectivity index (χ0) is 18.6. The topological polar surface area (TPSA) is 170 Å². The van der Waals surface area contributed by atoms with E-state index in [0.29, 0.717) is 22.4 Å². The Morgan fingerprint density at radius 1 is 1.38 bits per heavy atom. The highest BCUT2D eigenvalue weighted by Crippen LogP contribution is 2.42. The largest absolute Gasteiger partial charge is 0.394 e. The maximum absolute atomic E-state index is 10.8. The molecule has 4 heterocycles. The molecule has 0 spiro atoms. The third-order valence-electron chi connectivity index (χ3n) is 4.69. The lowest BCUT2D eigenvalue weighted by molar-refractivity contribution is -0.0948. The van der Waals surface area contributed by atoms with E-state index >= 15 is 0 Å². The summed E-state index contributed by atoms with van der Waals surface area (Å²) in [5, 5.41) is 42.4. The minimum Gasteiger partial charge on any atom is -0.394 e. The minimum absolute atomic E-state index is 0.212. The van der Waals surface area contributed by atoms with Gasteiger partial charge in [-0.25, -0.2) is 14.6 Å². The van der Waals surface area contributed by atoms with Crippen LogP contribution in [0.5, 0.6) is 0 Å². The first-order valence-corrected chi connectivity index (χ1v) is 7.86. The highest BCUT2D eigenvalue weighted by Gasteiger charge is 2.53. The van der Waals surface area contributed by atoms with Crippen molar-refractivity contribution in [2.24, 2.45) is 7.05 Å². The van der Waals surface area contributed by atoms with Crippen molar-refractivity contribution >= 4 is 16.9 Å². The number of aromatic nitrogens is 7. The van der Waals surface area contributed by atoms with Crippen LogP contribution in [0.25, 0.3) is 22.4 Å². The van der Waals surface area contributed by atoms with Gasteiger partial charge in [0.15, 0.2) is 12.1 Å². The molecule has 26 heavy (non-hydrogen) atoms. The number of hydrogen-bond acceptors (Lipinski definition) is 10. The van der Waals surface area contributed by atoms with Gasteiger partial charge in [0.25, 0.3) is 0 Å². The lowest BCUT2D eigenvalue weighted by Crippen LogP contribution is -2.44. The SMILES string of the molecule is Cn1nnnc1-c1cn(C2OC(CO)[C@@H](O)[C@@]2(C)O)c2ncnc(N)c12. The van der Waals surface area contributed by atoms with Crippen molar-refractivity contribution in [3.05, 3.63) is 12.5 Å². The molecule has 0 aromatic carbocycles. The maximum Gasteiger partial charge on any atom is 0.184 e. The van der Waals surface area contributed by atoms with Crippen molar-refractivity contribution in [1.29, 1.82) is 0 Å². The quantitative estimate of drug-likeness (QED) is 0.417. The Bertz CT molecular complexity index is 967. The number of fused-ring (bicyclic) bond motifs is 1. The van der Waals surface area contributed by atoms with Gasteiger partial charge in [-0.2, -0.15) is 0 Å². The summed E-state index contributed by atoms with van der Waals surface area (Å²) in [4.78, 5) is 8.26. The first-order chi connectivity index (χ1) is 12.4. The summed E-state index contributed by atoms with van der Waals surface area (Å²) < 4.78 is 8.69. The lowest BCUT2D eigenvalue weighted by Gasteiger charge is -2.27. The van der Waals surface area contributed by atoms with Gasteiger partial charge in [-0.05, 0) is 17.4 Å². The minimum atomic E-state index is -1.67. The van der Waals surface area contributed by atoms with Crippen LogP contribution in [0.2, 0.25) is 0 Å². The second-order valence-corrected chi connectivity index (χ2v) is 6.41. The standard InChI is InChI=1S/C14H18N8O4/c1-14(25)9(24)7(4-23)26-13(14)22-3-6(11-18-19-20-21(11)2)8-10(15)16-5-17-12(8)22/h3,5,7,9,13,23-25H,4H2,1-2H3,(H2,15,16,17)/t7?,9-,13?,14-/m1/s1. The first kappa shape index (κ1) is 16.8. The Labute approximate surface area is 146 Å². The average molecular weight is 362 g/mol. The van der Waals surface area contributed by atoms with E-state index in [-0.39, 0.29) is 5.82 Å². The van der Waals surface area contributed by atoms with Gasteiger partial charge in [-0.1, -0.05) is 0 Å². The van der Waals surface area contributed by atoms with Crippen LogP contribution in [0.1, 0.15) is 13.2 Å². The first-order valence-electron chi connectivity index (χ1n) is 7.86. The number of hydrogen-bond donors (Lipinski definition) is 4. The zero-order valence-electron chi connectivity index (χ0n) is 14.1. The monoisotopic (exact) mass is 362 g/mol. The van der Waals surface area contributed by atoms with Gasteiger partial charge in [0.05, 0.1) is 17.6 Å². The Kier molecular flexibility index (Phi) is 3.66. The van der Waals surface area contributed by atoms with Gasteiger partial charge in [-0.15, -0.1) is 5.10 Å². The molecule has 0 radical (unpaired) electrons. The summed E-state index contributed by atoms with van der Waals surface area (Å²) in [5.41, 5.74) is 5.30. The fraction of sp³-hybridized carbons (Fsp3) is 0.500. The molecule has 138 valence electrons. The molecule has 0 amide bonds. The fourth-order valence-electron chi connectivity index (χ4n) is 3.30. The fourth-order valence-corrected chi connectivity index (χ4v) is 3.30. The number of nitrogens with two attached hydrogens (primary N) is 1. The highest BCUT2D eigenvalue weighted by atomic mass is 16.6. The summed E-state index contributed by atoms with van der Waals surface area (Å²) in [6.45, 7) is 0.988. The van der Waals surface area contributed by atoms with E-state index in [1.54, 1.807) is 13.2 Å². The summed E-state index contributed by atoms with van der Waals surface area (Å²) >= 11 is 0. The van der Waals surface area contributed by atoms with Gasteiger partial charge in [0, 0.05) is 13.2 Å². The number of nitrogen functional groups attached to an aromatic ring is 1. The predicted octanol–water partition coefficient (Wildman–Crippen LogP) is -1.79. The molecule has 1 aliphatic rings. The molecule has 1 aliphatic heterocycles. The molecule has 5 N–H and O–H groups in total. The third-order valence-corrected chi connectivity index (χ3v) is 4.69. The molecule has 0 saturated carbocycles. The predicted molar refractivity (Wildman–Crippen MR) is 87.4 cm³/mol. The number of rotatable bonds is 3. The van der Waals surface area contributed by atoms with Crippen LogP contribution in [0.15, 0.2) is 12.5 Å². The number of anilines is 1. The zero-order valence-corrected chi connectivity index (χ0v) is 14.1. The van der Waals surface area contributed by atoms with E-state index < -0.39 is 30.6 Å². The average Bonchev–Trinajstić information content (AvgIpc) is 3.24. The van der Waals surface area contributed by atoms with E-state index in [1.165, 1.54) is 22.5 Å². The summed E-state index contributed by atoms with van der Waals surface area (Å²) in [5.74, 6) is 0.635. The van der Waals surface area contributed by atoms with E-state index in [2.05, 4.69) is 25.5 Å². The Morgan fingerprint density at radius 3 is 2.77 bits per heavy atom. The van der Waals surface area contributed by atoms with Crippen molar-refractivity contribution in [3.63, 3.8) is 0 Å². The third kappa shape index (κ3) is 2.20. The van der Waals surface area contributed by atoms with Gasteiger partial charge >= 0.3 is 0 Å². The molecule has 12 nitrogen and oxygen atoms in total. The highest BCUT2D eigenvalue weighted by molar-refractivity contribution is 5.99. The smallest absolute Gasteiger partial charge is 0.184 e.